The first kappa shape index (κ1) is 17.4. The number of carbonyl (C=O) groups is 1. The fourth-order valence-electron chi connectivity index (χ4n) is 2.61. The minimum absolute atomic E-state index is 0.0202. The summed E-state index contributed by atoms with van der Waals surface area (Å²) < 4.78 is 0. The quantitative estimate of drug-likeness (QED) is 0.697. The average molecular weight is 285 g/mol. The van der Waals surface area contributed by atoms with E-state index in [9.17, 15) is 4.79 Å². The van der Waals surface area contributed by atoms with E-state index in [0.29, 0.717) is 13.1 Å². The van der Waals surface area contributed by atoms with Crippen LogP contribution in [0.5, 0.6) is 0 Å². The Morgan fingerprint density at radius 3 is 2.60 bits per heavy atom. The first-order chi connectivity index (χ1) is 9.61. The molecule has 2 fully saturated rings. The Balaban J connectivity index is 0.000000204. The molecule has 118 valence electrons. The van der Waals surface area contributed by atoms with Crippen molar-refractivity contribution < 1.29 is 9.90 Å². The van der Waals surface area contributed by atoms with Gasteiger partial charge in [-0.1, -0.05) is 13.3 Å². The van der Waals surface area contributed by atoms with Gasteiger partial charge < -0.3 is 20.6 Å². The van der Waals surface area contributed by atoms with E-state index in [1.807, 2.05) is 0 Å². The van der Waals surface area contributed by atoms with Crippen LogP contribution in [0.25, 0.3) is 0 Å². The third-order valence-corrected chi connectivity index (χ3v) is 3.82. The van der Waals surface area contributed by atoms with Crippen molar-refractivity contribution in [2.75, 3.05) is 32.7 Å². The molecule has 0 radical (unpaired) electrons. The second-order valence-electron chi connectivity index (χ2n) is 5.83. The summed E-state index contributed by atoms with van der Waals surface area (Å²) >= 11 is 0. The molecule has 2 saturated heterocycles. The molecule has 0 aliphatic carbocycles. The van der Waals surface area contributed by atoms with E-state index in [-0.39, 0.29) is 18.1 Å². The maximum Gasteiger partial charge on any atom is 0.216 e. The number of hydrogen-bond acceptors (Lipinski definition) is 4. The number of aliphatic hydroxyl groups excluding tert-OH is 1. The van der Waals surface area contributed by atoms with Crippen molar-refractivity contribution in [2.24, 2.45) is 0 Å². The van der Waals surface area contributed by atoms with Crippen LogP contribution in [0.15, 0.2) is 0 Å². The zero-order valence-corrected chi connectivity index (χ0v) is 13.0. The summed E-state index contributed by atoms with van der Waals surface area (Å²) in [6, 6.07) is 0.244. The Labute approximate surface area is 123 Å². The Kier molecular flexibility index (Phi) is 8.82. The van der Waals surface area contributed by atoms with Crippen molar-refractivity contribution >= 4 is 5.91 Å². The molecule has 20 heavy (non-hydrogen) atoms. The van der Waals surface area contributed by atoms with E-state index in [1.54, 1.807) is 0 Å². The second kappa shape index (κ2) is 10.1. The van der Waals surface area contributed by atoms with Crippen molar-refractivity contribution in [3.63, 3.8) is 0 Å². The summed E-state index contributed by atoms with van der Waals surface area (Å²) in [7, 11) is 0. The van der Waals surface area contributed by atoms with E-state index in [1.165, 1.54) is 52.2 Å². The molecule has 2 heterocycles. The standard InChI is InChI=1S/C8H17N.C7H14N2O2/c1-2-3-6-9-7-4-5-8-9;1-5(10)8-3-6-2-7(11)4-9-6/h2-8H2,1H3;6-7,9,11H,2-4H2,1H3,(H,8,10)/t;6-,7+/m.0/s1. The van der Waals surface area contributed by atoms with Gasteiger partial charge in [-0.05, 0) is 45.3 Å². The van der Waals surface area contributed by atoms with Gasteiger partial charge in [0.05, 0.1) is 6.10 Å². The van der Waals surface area contributed by atoms with Crippen LogP contribution < -0.4 is 10.6 Å². The highest BCUT2D eigenvalue weighted by Gasteiger charge is 2.21. The van der Waals surface area contributed by atoms with Gasteiger partial charge in [0.2, 0.25) is 5.91 Å². The largest absolute Gasteiger partial charge is 0.392 e. The van der Waals surface area contributed by atoms with Crippen LogP contribution in [0.1, 0.15) is 46.0 Å². The molecule has 0 bridgehead atoms. The second-order valence-corrected chi connectivity index (χ2v) is 5.83. The van der Waals surface area contributed by atoms with Crippen molar-refractivity contribution in [3.8, 4) is 0 Å². The number of nitrogens with zero attached hydrogens (tertiary/aromatic N) is 1. The summed E-state index contributed by atoms with van der Waals surface area (Å²) in [6.07, 6.45) is 6.10. The molecular weight excluding hydrogens is 254 g/mol. The van der Waals surface area contributed by atoms with E-state index >= 15 is 0 Å². The molecule has 5 nitrogen and oxygen atoms in total. The van der Waals surface area contributed by atoms with Gasteiger partial charge in [0.25, 0.3) is 0 Å². The molecule has 0 unspecified atom stereocenters. The fraction of sp³-hybridized carbons (Fsp3) is 0.933. The van der Waals surface area contributed by atoms with Gasteiger partial charge in [0, 0.05) is 26.1 Å². The lowest BCUT2D eigenvalue weighted by Gasteiger charge is -2.12. The number of carbonyl (C=O) groups excluding carboxylic acids is 1. The van der Waals surface area contributed by atoms with E-state index in [0.717, 1.165) is 6.42 Å². The minimum atomic E-state index is -0.242. The lowest BCUT2D eigenvalue weighted by molar-refractivity contribution is -0.119. The summed E-state index contributed by atoms with van der Waals surface area (Å²) in [6.45, 7) is 9.08. The first-order valence-corrected chi connectivity index (χ1v) is 8.00. The van der Waals surface area contributed by atoms with Gasteiger partial charge in [0.1, 0.15) is 0 Å². The maximum absolute atomic E-state index is 10.5. The van der Waals surface area contributed by atoms with Gasteiger partial charge in [0.15, 0.2) is 0 Å². The molecule has 5 heteroatoms. The topological polar surface area (TPSA) is 64.6 Å². The number of amides is 1. The molecule has 2 atom stereocenters. The zero-order chi connectivity index (χ0) is 14.8. The number of unbranched alkanes of at least 4 members (excludes halogenated alkanes) is 1. The van der Waals surface area contributed by atoms with Crippen molar-refractivity contribution in [3.05, 3.63) is 0 Å². The molecule has 2 aliphatic rings. The van der Waals surface area contributed by atoms with Gasteiger partial charge in [-0.2, -0.15) is 0 Å². The number of hydrogen-bond donors (Lipinski definition) is 3. The third kappa shape index (κ3) is 7.82. The van der Waals surface area contributed by atoms with Gasteiger partial charge in [-0.15, -0.1) is 0 Å². The highest BCUT2D eigenvalue weighted by Crippen LogP contribution is 2.07. The fourth-order valence-corrected chi connectivity index (χ4v) is 2.61. The number of nitrogens with one attached hydrogen (secondary N) is 2. The molecule has 2 aliphatic heterocycles. The van der Waals surface area contributed by atoms with Crippen molar-refractivity contribution in [1.29, 1.82) is 0 Å². The zero-order valence-electron chi connectivity index (χ0n) is 13.0. The highest BCUT2D eigenvalue weighted by molar-refractivity contribution is 5.72. The van der Waals surface area contributed by atoms with Crippen molar-refractivity contribution in [1.82, 2.24) is 15.5 Å². The van der Waals surface area contributed by atoms with Gasteiger partial charge >= 0.3 is 0 Å². The van der Waals surface area contributed by atoms with E-state index in [4.69, 9.17) is 5.11 Å². The summed E-state index contributed by atoms with van der Waals surface area (Å²) in [5.41, 5.74) is 0. The van der Waals surface area contributed by atoms with Crippen LogP contribution >= 0.6 is 0 Å². The highest BCUT2D eigenvalue weighted by atomic mass is 16.3. The molecular formula is C15H31N3O2. The molecule has 0 spiro atoms. The van der Waals surface area contributed by atoms with Crippen LogP contribution in [0.4, 0.5) is 0 Å². The molecule has 0 aromatic heterocycles. The SMILES string of the molecule is CC(=O)NC[C@@H]1C[C@@H](O)CN1.CCCCN1CCCC1. The number of β-amino-alcohol motifs (C(OH)–C–C–N with tert-alkyl or cyclic N) is 1. The van der Waals surface area contributed by atoms with Crippen LogP contribution in [-0.2, 0) is 4.79 Å². The lowest BCUT2D eigenvalue weighted by Crippen LogP contribution is -2.35. The Hall–Kier alpha value is -0.650. The van der Waals surface area contributed by atoms with Crippen LogP contribution in [0, 0.1) is 0 Å². The molecule has 2 rings (SSSR count). The first-order valence-electron chi connectivity index (χ1n) is 8.00. The minimum Gasteiger partial charge on any atom is -0.392 e. The van der Waals surface area contributed by atoms with Gasteiger partial charge in [-0.3, -0.25) is 4.79 Å². The molecule has 0 saturated carbocycles. The number of aliphatic hydroxyl groups is 1. The summed E-state index contributed by atoms with van der Waals surface area (Å²) in [5.74, 6) is -0.0202. The summed E-state index contributed by atoms with van der Waals surface area (Å²) in [4.78, 5) is 13.1. The van der Waals surface area contributed by atoms with Gasteiger partial charge in [-0.25, -0.2) is 0 Å². The lowest BCUT2D eigenvalue weighted by atomic mass is 10.2. The Morgan fingerprint density at radius 2 is 2.10 bits per heavy atom. The van der Waals surface area contributed by atoms with Crippen LogP contribution in [0.3, 0.4) is 0 Å². The Morgan fingerprint density at radius 1 is 1.40 bits per heavy atom. The van der Waals surface area contributed by atoms with Crippen molar-refractivity contribution in [2.45, 2.75) is 58.1 Å². The maximum atomic E-state index is 10.5. The smallest absolute Gasteiger partial charge is 0.216 e. The van der Waals surface area contributed by atoms with E-state index in [2.05, 4.69) is 22.5 Å². The predicted molar refractivity (Wildman–Crippen MR) is 81.7 cm³/mol. The monoisotopic (exact) mass is 285 g/mol. The predicted octanol–water partition coefficient (Wildman–Crippen LogP) is 0.728. The number of rotatable bonds is 5. The van der Waals surface area contributed by atoms with E-state index < -0.39 is 0 Å². The summed E-state index contributed by atoms with van der Waals surface area (Å²) in [5, 5.41) is 14.9. The molecule has 0 aromatic carbocycles. The average Bonchev–Trinajstić information content (AvgIpc) is 3.06. The molecule has 0 aromatic rings. The molecule has 3 N–H and O–H groups in total. The Bertz CT molecular complexity index is 268. The third-order valence-electron chi connectivity index (χ3n) is 3.82. The van der Waals surface area contributed by atoms with Crippen LogP contribution in [0.2, 0.25) is 0 Å². The van der Waals surface area contributed by atoms with Crippen LogP contribution in [-0.4, -0.2) is 60.8 Å². The number of likely N-dealkylation sites (tertiary alicyclic amines) is 1. The molecule has 1 amide bonds. The normalized spacial score (nSPS) is 26.1.